The zero-order valence-electron chi connectivity index (χ0n) is 9.80. The van der Waals surface area contributed by atoms with Gasteiger partial charge in [-0.15, -0.1) is 11.3 Å². The average molecular weight is 260 g/mol. The number of anilines is 1. The Kier molecular flexibility index (Phi) is 2.64. The minimum Gasteiger partial charge on any atom is -0.494 e. The highest BCUT2D eigenvalue weighted by molar-refractivity contribution is 7.21. The van der Waals surface area contributed by atoms with Gasteiger partial charge in [0.2, 0.25) is 0 Å². The summed E-state index contributed by atoms with van der Waals surface area (Å²) in [6, 6.07) is 5.88. The molecule has 0 spiro atoms. The molecule has 0 amide bonds. The van der Waals surface area contributed by atoms with Gasteiger partial charge in [0.15, 0.2) is 0 Å². The number of hydrogen-bond donors (Lipinski definition) is 2. The van der Waals surface area contributed by atoms with Crippen molar-refractivity contribution in [1.82, 2.24) is 15.2 Å². The number of nitrogens with one attached hydrogen (secondary N) is 1. The minimum atomic E-state index is 0.541. The third-order valence-electron chi connectivity index (χ3n) is 2.57. The molecule has 5 nitrogen and oxygen atoms in total. The molecular weight excluding hydrogens is 248 g/mol. The van der Waals surface area contributed by atoms with Gasteiger partial charge in [-0.05, 0) is 25.1 Å². The van der Waals surface area contributed by atoms with Crippen LogP contribution in [0.5, 0.6) is 5.75 Å². The zero-order chi connectivity index (χ0) is 12.5. The number of rotatable bonds is 3. The summed E-state index contributed by atoms with van der Waals surface area (Å²) in [5.41, 5.74) is 7.58. The Labute approximate surface area is 108 Å². The van der Waals surface area contributed by atoms with Crippen molar-refractivity contribution >= 4 is 27.4 Å². The molecule has 0 bridgehead atoms. The summed E-state index contributed by atoms with van der Waals surface area (Å²) in [7, 11) is 0. The van der Waals surface area contributed by atoms with E-state index in [1.165, 1.54) is 0 Å². The van der Waals surface area contributed by atoms with E-state index in [1.807, 2.05) is 25.1 Å². The molecule has 92 valence electrons. The highest BCUT2D eigenvalue weighted by atomic mass is 32.1. The van der Waals surface area contributed by atoms with Gasteiger partial charge in [-0.2, -0.15) is 5.10 Å². The highest BCUT2D eigenvalue weighted by Crippen LogP contribution is 2.33. The molecule has 0 saturated carbocycles. The number of aromatic nitrogens is 3. The van der Waals surface area contributed by atoms with Gasteiger partial charge in [0.1, 0.15) is 16.6 Å². The second-order valence-electron chi connectivity index (χ2n) is 3.78. The van der Waals surface area contributed by atoms with Crippen LogP contribution in [0, 0.1) is 0 Å². The van der Waals surface area contributed by atoms with Gasteiger partial charge in [0.25, 0.3) is 0 Å². The van der Waals surface area contributed by atoms with Crippen molar-refractivity contribution in [2.75, 3.05) is 12.3 Å². The smallest absolute Gasteiger partial charge is 0.129 e. The van der Waals surface area contributed by atoms with Crippen molar-refractivity contribution < 1.29 is 4.74 Å². The van der Waals surface area contributed by atoms with Crippen LogP contribution in [0.1, 0.15) is 6.92 Å². The van der Waals surface area contributed by atoms with Crippen LogP contribution in [0.3, 0.4) is 0 Å². The normalized spacial score (nSPS) is 10.9. The first-order chi connectivity index (χ1) is 8.78. The van der Waals surface area contributed by atoms with Crippen molar-refractivity contribution in [3.8, 4) is 16.3 Å². The molecule has 3 N–H and O–H groups in total. The SMILES string of the molecule is CCOc1ccc2nc(-c3cn[nH]c3N)sc2c1. The number of benzene rings is 1. The number of thiazole rings is 1. The first-order valence-corrected chi connectivity index (χ1v) is 6.42. The Morgan fingerprint density at radius 3 is 3.06 bits per heavy atom. The molecule has 18 heavy (non-hydrogen) atoms. The Bertz CT molecular complexity index is 688. The molecule has 1 aromatic carbocycles. The Hall–Kier alpha value is -2.08. The summed E-state index contributed by atoms with van der Waals surface area (Å²) in [6.45, 7) is 2.63. The molecule has 6 heteroatoms. The van der Waals surface area contributed by atoms with Crippen LogP contribution in [0.25, 0.3) is 20.8 Å². The highest BCUT2D eigenvalue weighted by Gasteiger charge is 2.11. The maximum Gasteiger partial charge on any atom is 0.129 e. The lowest BCUT2D eigenvalue weighted by Crippen LogP contribution is -1.89. The number of nitrogens with zero attached hydrogens (tertiary/aromatic N) is 2. The number of fused-ring (bicyclic) bond motifs is 1. The number of aromatic amines is 1. The minimum absolute atomic E-state index is 0.541. The van der Waals surface area contributed by atoms with Gasteiger partial charge >= 0.3 is 0 Å². The summed E-state index contributed by atoms with van der Waals surface area (Å²) in [6.07, 6.45) is 1.69. The summed E-state index contributed by atoms with van der Waals surface area (Å²) in [4.78, 5) is 4.54. The van der Waals surface area contributed by atoms with Crippen LogP contribution in [0.15, 0.2) is 24.4 Å². The third-order valence-corrected chi connectivity index (χ3v) is 3.62. The van der Waals surface area contributed by atoms with Gasteiger partial charge in [0.05, 0.1) is 28.6 Å². The van der Waals surface area contributed by atoms with Crippen molar-refractivity contribution in [3.63, 3.8) is 0 Å². The van der Waals surface area contributed by atoms with E-state index >= 15 is 0 Å². The Morgan fingerprint density at radius 1 is 1.44 bits per heavy atom. The van der Waals surface area contributed by atoms with Gasteiger partial charge in [-0.25, -0.2) is 4.98 Å². The molecule has 0 fully saturated rings. The lowest BCUT2D eigenvalue weighted by atomic mass is 10.3. The fraction of sp³-hybridized carbons (Fsp3) is 0.167. The molecule has 3 aromatic rings. The predicted octanol–water partition coefficient (Wildman–Crippen LogP) is 2.67. The molecular formula is C12H12N4OS. The number of hydrogen-bond acceptors (Lipinski definition) is 5. The third kappa shape index (κ3) is 1.80. The van der Waals surface area contributed by atoms with Crippen LogP contribution >= 0.6 is 11.3 Å². The van der Waals surface area contributed by atoms with Crippen molar-refractivity contribution in [3.05, 3.63) is 24.4 Å². The lowest BCUT2D eigenvalue weighted by Gasteiger charge is -2.00. The summed E-state index contributed by atoms with van der Waals surface area (Å²) in [5, 5.41) is 7.49. The van der Waals surface area contributed by atoms with Crippen LogP contribution < -0.4 is 10.5 Å². The second kappa shape index (κ2) is 4.30. The quantitative estimate of drug-likeness (QED) is 0.759. The monoisotopic (exact) mass is 260 g/mol. The lowest BCUT2D eigenvalue weighted by molar-refractivity contribution is 0.341. The number of nitrogens with two attached hydrogens (primary N) is 1. The molecule has 3 rings (SSSR count). The zero-order valence-corrected chi connectivity index (χ0v) is 10.6. The average Bonchev–Trinajstić information content (AvgIpc) is 2.94. The van der Waals surface area contributed by atoms with Gasteiger partial charge in [-0.1, -0.05) is 0 Å². The molecule has 0 aliphatic heterocycles. The number of H-pyrrole nitrogens is 1. The first-order valence-electron chi connectivity index (χ1n) is 5.60. The Balaban J connectivity index is 2.08. The van der Waals surface area contributed by atoms with E-state index in [2.05, 4.69) is 15.2 Å². The largest absolute Gasteiger partial charge is 0.494 e. The molecule has 0 aliphatic rings. The van der Waals surface area contributed by atoms with Crippen LogP contribution in [0.2, 0.25) is 0 Å². The molecule has 0 saturated heterocycles. The van der Waals surface area contributed by atoms with Crippen LogP contribution in [-0.4, -0.2) is 21.8 Å². The van der Waals surface area contributed by atoms with E-state index in [9.17, 15) is 0 Å². The van der Waals surface area contributed by atoms with Crippen LogP contribution in [0.4, 0.5) is 5.82 Å². The van der Waals surface area contributed by atoms with Gasteiger partial charge < -0.3 is 10.5 Å². The molecule has 2 aromatic heterocycles. The summed E-state index contributed by atoms with van der Waals surface area (Å²) >= 11 is 1.58. The standard InChI is InChI=1S/C12H12N4OS/c1-2-17-7-3-4-9-10(5-7)18-12(15-9)8-6-14-16-11(8)13/h3-6H,2H2,1H3,(H3,13,14,16). The van der Waals surface area contributed by atoms with Crippen LogP contribution in [-0.2, 0) is 0 Å². The van der Waals surface area contributed by atoms with Crippen molar-refractivity contribution in [1.29, 1.82) is 0 Å². The molecule has 0 unspecified atom stereocenters. The molecule has 2 heterocycles. The van der Waals surface area contributed by atoms with E-state index in [4.69, 9.17) is 10.5 Å². The second-order valence-corrected chi connectivity index (χ2v) is 4.81. The van der Waals surface area contributed by atoms with E-state index in [1.54, 1.807) is 17.5 Å². The predicted molar refractivity (Wildman–Crippen MR) is 72.8 cm³/mol. The van der Waals surface area contributed by atoms with Gasteiger partial charge in [0, 0.05) is 0 Å². The van der Waals surface area contributed by atoms with E-state index in [0.717, 1.165) is 26.5 Å². The molecule has 0 radical (unpaired) electrons. The van der Waals surface area contributed by atoms with E-state index in [0.29, 0.717) is 12.4 Å². The fourth-order valence-electron chi connectivity index (χ4n) is 1.74. The summed E-state index contributed by atoms with van der Waals surface area (Å²) < 4.78 is 6.55. The topological polar surface area (TPSA) is 76.8 Å². The molecule has 0 aliphatic carbocycles. The molecule has 0 atom stereocenters. The van der Waals surface area contributed by atoms with Crippen molar-refractivity contribution in [2.24, 2.45) is 0 Å². The van der Waals surface area contributed by atoms with E-state index in [-0.39, 0.29) is 0 Å². The van der Waals surface area contributed by atoms with Crippen molar-refractivity contribution in [2.45, 2.75) is 6.92 Å². The van der Waals surface area contributed by atoms with E-state index < -0.39 is 0 Å². The number of ether oxygens (including phenoxy) is 1. The fourth-order valence-corrected chi connectivity index (χ4v) is 2.76. The Morgan fingerprint density at radius 2 is 2.33 bits per heavy atom. The maximum absolute atomic E-state index is 5.80. The van der Waals surface area contributed by atoms with Gasteiger partial charge in [-0.3, -0.25) is 5.10 Å². The number of nitrogen functional groups attached to an aromatic ring is 1. The maximum atomic E-state index is 5.80. The summed E-state index contributed by atoms with van der Waals surface area (Å²) in [5.74, 6) is 1.40. The first kappa shape index (κ1) is 11.0.